The van der Waals surface area contributed by atoms with Crippen molar-refractivity contribution in [3.63, 3.8) is 0 Å². The van der Waals surface area contributed by atoms with Gasteiger partial charge in [0.05, 0.1) is 0 Å². The highest BCUT2D eigenvalue weighted by molar-refractivity contribution is 5.99. The molecule has 146 valence electrons. The molecule has 1 amide bonds. The van der Waals surface area contributed by atoms with E-state index in [9.17, 15) is 4.79 Å². The molecule has 0 spiro atoms. The fourth-order valence-corrected chi connectivity index (χ4v) is 3.34. The van der Waals surface area contributed by atoms with Crippen LogP contribution in [0.3, 0.4) is 0 Å². The Morgan fingerprint density at radius 1 is 0.857 bits per heavy atom. The number of carbonyl (C=O) groups excluding carboxylic acids is 1. The van der Waals surface area contributed by atoms with Gasteiger partial charge in [0.25, 0.3) is 0 Å². The number of allylic oxidation sites excluding steroid dienone is 3. The molecule has 1 aliphatic heterocycles. The van der Waals surface area contributed by atoms with Crippen molar-refractivity contribution in [1.29, 1.82) is 0 Å². The number of carbonyl (C=O) groups is 1. The summed E-state index contributed by atoms with van der Waals surface area (Å²) in [5.41, 5.74) is 3.49. The number of anilines is 1. The predicted octanol–water partition coefficient (Wildman–Crippen LogP) is 4.08. The summed E-state index contributed by atoms with van der Waals surface area (Å²) in [6.45, 7) is 8.27. The van der Waals surface area contributed by atoms with E-state index in [0.717, 1.165) is 45.0 Å². The van der Waals surface area contributed by atoms with Crippen LogP contribution >= 0.6 is 0 Å². The number of hydrogen-bond donors (Lipinski definition) is 1. The van der Waals surface area contributed by atoms with E-state index < -0.39 is 0 Å². The first-order valence-corrected chi connectivity index (χ1v) is 9.91. The third-order valence-corrected chi connectivity index (χ3v) is 4.89. The maximum Gasteiger partial charge on any atom is 0.248 e. The molecular formula is C24H29N3O. The molecule has 0 saturated carbocycles. The second kappa shape index (κ2) is 10.6. The van der Waals surface area contributed by atoms with E-state index in [0.29, 0.717) is 0 Å². The quantitative estimate of drug-likeness (QED) is 0.585. The molecule has 1 aliphatic rings. The van der Waals surface area contributed by atoms with Gasteiger partial charge in [-0.3, -0.25) is 14.6 Å². The highest BCUT2D eigenvalue weighted by Crippen LogP contribution is 2.14. The van der Waals surface area contributed by atoms with E-state index in [1.54, 1.807) is 6.08 Å². The molecule has 0 aromatic heterocycles. The molecule has 1 fully saturated rings. The molecule has 2 aromatic rings. The number of rotatable bonds is 7. The van der Waals surface area contributed by atoms with Crippen molar-refractivity contribution in [2.75, 3.05) is 31.5 Å². The Kier molecular flexibility index (Phi) is 7.59. The standard InChI is InChI=1S/C24H29N3O/c1-2-3-5-10-24(28)25-23-13-11-22(12-14-23)20-27-17-15-26(16-18-27)19-21-8-6-4-7-9-21/h2-14H,15-20H2,1H3,(H,25,28). The van der Waals surface area contributed by atoms with Crippen LogP contribution in [-0.2, 0) is 17.9 Å². The number of nitrogens with one attached hydrogen (secondary N) is 1. The SMILES string of the molecule is CC=CC=CC(=O)Nc1ccc(CN2CCN(Cc3ccccc3)CC2)cc1. The number of amides is 1. The van der Waals surface area contributed by atoms with Crippen LogP contribution in [0.15, 0.2) is 78.9 Å². The lowest BCUT2D eigenvalue weighted by Crippen LogP contribution is -2.45. The first kappa shape index (κ1) is 20.1. The van der Waals surface area contributed by atoms with Gasteiger partial charge in [0, 0.05) is 51.0 Å². The zero-order chi connectivity index (χ0) is 19.6. The van der Waals surface area contributed by atoms with Crippen molar-refractivity contribution < 1.29 is 4.79 Å². The normalized spacial score (nSPS) is 16.0. The highest BCUT2D eigenvalue weighted by Gasteiger charge is 2.17. The molecule has 4 nitrogen and oxygen atoms in total. The van der Waals surface area contributed by atoms with Crippen LogP contribution in [0.4, 0.5) is 5.69 Å². The van der Waals surface area contributed by atoms with Gasteiger partial charge in [-0.1, -0.05) is 60.7 Å². The molecule has 2 aromatic carbocycles. The Morgan fingerprint density at radius 2 is 1.43 bits per heavy atom. The van der Waals surface area contributed by atoms with E-state index in [1.807, 2.05) is 31.2 Å². The number of benzene rings is 2. The van der Waals surface area contributed by atoms with Crippen molar-refractivity contribution in [3.05, 3.63) is 90.0 Å². The molecule has 0 bridgehead atoms. The summed E-state index contributed by atoms with van der Waals surface area (Å²) in [5, 5.41) is 2.88. The van der Waals surface area contributed by atoms with Gasteiger partial charge in [-0.15, -0.1) is 0 Å². The Labute approximate surface area is 168 Å². The van der Waals surface area contributed by atoms with Crippen LogP contribution in [0, 0.1) is 0 Å². The molecule has 0 unspecified atom stereocenters. The van der Waals surface area contributed by atoms with Crippen molar-refractivity contribution in [2.24, 2.45) is 0 Å². The smallest absolute Gasteiger partial charge is 0.248 e. The van der Waals surface area contributed by atoms with Crippen molar-refractivity contribution in [2.45, 2.75) is 20.0 Å². The summed E-state index contributed by atoms with van der Waals surface area (Å²) >= 11 is 0. The monoisotopic (exact) mass is 375 g/mol. The minimum Gasteiger partial charge on any atom is -0.323 e. The van der Waals surface area contributed by atoms with Gasteiger partial charge in [0.1, 0.15) is 0 Å². The Balaban J connectivity index is 1.43. The summed E-state index contributed by atoms with van der Waals surface area (Å²) in [5.74, 6) is -0.111. The van der Waals surface area contributed by atoms with Gasteiger partial charge in [0.2, 0.25) is 5.91 Å². The van der Waals surface area contributed by atoms with Crippen LogP contribution in [0.5, 0.6) is 0 Å². The van der Waals surface area contributed by atoms with Crippen LogP contribution in [0.1, 0.15) is 18.1 Å². The highest BCUT2D eigenvalue weighted by atomic mass is 16.1. The van der Waals surface area contributed by atoms with Gasteiger partial charge in [-0.2, -0.15) is 0 Å². The molecule has 0 atom stereocenters. The van der Waals surface area contributed by atoms with E-state index in [2.05, 4.69) is 57.6 Å². The zero-order valence-corrected chi connectivity index (χ0v) is 16.6. The fourth-order valence-electron chi connectivity index (χ4n) is 3.34. The topological polar surface area (TPSA) is 35.6 Å². The Bertz CT molecular complexity index is 788. The van der Waals surface area contributed by atoms with Crippen LogP contribution in [0.2, 0.25) is 0 Å². The number of piperazine rings is 1. The van der Waals surface area contributed by atoms with Crippen LogP contribution in [-0.4, -0.2) is 41.9 Å². The third kappa shape index (κ3) is 6.48. The molecule has 4 heteroatoms. The first-order valence-electron chi connectivity index (χ1n) is 9.91. The maximum absolute atomic E-state index is 11.8. The molecule has 3 rings (SSSR count). The maximum atomic E-state index is 11.8. The predicted molar refractivity (Wildman–Crippen MR) is 116 cm³/mol. The lowest BCUT2D eigenvalue weighted by atomic mass is 10.1. The van der Waals surface area contributed by atoms with E-state index >= 15 is 0 Å². The van der Waals surface area contributed by atoms with E-state index in [4.69, 9.17) is 0 Å². The molecule has 28 heavy (non-hydrogen) atoms. The molecule has 1 saturated heterocycles. The molecular weight excluding hydrogens is 346 g/mol. The van der Waals surface area contributed by atoms with Gasteiger partial charge < -0.3 is 5.32 Å². The summed E-state index contributed by atoms with van der Waals surface area (Å²) in [7, 11) is 0. The van der Waals surface area contributed by atoms with Crippen molar-refractivity contribution >= 4 is 11.6 Å². The summed E-state index contributed by atoms with van der Waals surface area (Å²) in [6.07, 6.45) is 6.99. The van der Waals surface area contributed by atoms with Gasteiger partial charge in [-0.25, -0.2) is 0 Å². The van der Waals surface area contributed by atoms with E-state index in [-0.39, 0.29) is 5.91 Å². The molecule has 1 heterocycles. The molecule has 0 radical (unpaired) electrons. The Hall–Kier alpha value is -2.69. The van der Waals surface area contributed by atoms with Crippen molar-refractivity contribution in [1.82, 2.24) is 9.80 Å². The van der Waals surface area contributed by atoms with E-state index in [1.165, 1.54) is 17.2 Å². The van der Waals surface area contributed by atoms with Crippen LogP contribution < -0.4 is 5.32 Å². The molecule has 1 N–H and O–H groups in total. The zero-order valence-electron chi connectivity index (χ0n) is 16.6. The minimum absolute atomic E-state index is 0.111. The fraction of sp³-hybridized carbons (Fsp3) is 0.292. The summed E-state index contributed by atoms with van der Waals surface area (Å²) < 4.78 is 0. The summed E-state index contributed by atoms with van der Waals surface area (Å²) in [4.78, 5) is 16.8. The average Bonchev–Trinajstić information content (AvgIpc) is 2.72. The second-order valence-corrected chi connectivity index (χ2v) is 7.11. The third-order valence-electron chi connectivity index (χ3n) is 4.89. The van der Waals surface area contributed by atoms with Gasteiger partial charge in [0.15, 0.2) is 0 Å². The minimum atomic E-state index is -0.111. The van der Waals surface area contributed by atoms with Crippen molar-refractivity contribution in [3.8, 4) is 0 Å². The van der Waals surface area contributed by atoms with Gasteiger partial charge >= 0.3 is 0 Å². The lowest BCUT2D eigenvalue weighted by molar-refractivity contribution is -0.111. The first-order chi connectivity index (χ1) is 13.7. The van der Waals surface area contributed by atoms with Crippen LogP contribution in [0.25, 0.3) is 0 Å². The largest absolute Gasteiger partial charge is 0.323 e. The number of hydrogen-bond acceptors (Lipinski definition) is 3. The number of nitrogens with zero attached hydrogens (tertiary/aromatic N) is 2. The van der Waals surface area contributed by atoms with Gasteiger partial charge in [-0.05, 0) is 30.2 Å². The average molecular weight is 376 g/mol. The Morgan fingerprint density at radius 3 is 2.00 bits per heavy atom. The second-order valence-electron chi connectivity index (χ2n) is 7.11. The lowest BCUT2D eigenvalue weighted by Gasteiger charge is -2.34. The summed E-state index contributed by atoms with van der Waals surface area (Å²) in [6, 6.07) is 18.8. The molecule has 0 aliphatic carbocycles.